The van der Waals surface area contributed by atoms with E-state index in [-0.39, 0.29) is 63.1 Å². The summed E-state index contributed by atoms with van der Waals surface area (Å²) >= 11 is 10.4. The third-order valence-electron chi connectivity index (χ3n) is 16.2. The lowest BCUT2D eigenvalue weighted by atomic mass is 9.96. The number of phenols is 5. The van der Waals surface area contributed by atoms with E-state index in [1.807, 2.05) is 5.32 Å². The number of non-ortho nitro benzene ring substituents is 1. The predicted molar refractivity (Wildman–Crippen MR) is 393 cm³/mol. The SMILES string of the molecule is NC(=O)c1cc(Br)cc(-c2cc(C(F)(F)F)cc(C(F)(F)F)c2)c1O.NC(=O)c1cc(Cl)cc(-c2cc(C(F)(F)F)cc(C(F)(F)F)c2)c1O.NC(=O)c1cc(I)cc(-c2cc(C(F)(F)F)cc(C(F)(F)F)c2)c1O.NC(=O)c1cc([N+](=O)[O-])cc(-c2cc(C(F)(F)F)cc(C(F)(F)F)c2)c1O.O=C(Nc1cc(C(F)(F)F)cc(C(F)(F)F)c1)c1ccccc1O. The van der Waals surface area contributed by atoms with E-state index in [2.05, 4.69) is 15.9 Å². The highest BCUT2D eigenvalue weighted by molar-refractivity contribution is 14.1. The zero-order valence-corrected chi connectivity index (χ0v) is 64.9. The number of halogens is 33. The Morgan fingerprint density at radius 3 is 0.857 bits per heavy atom. The number of anilines is 1. The van der Waals surface area contributed by atoms with Crippen LogP contribution in [0.4, 0.5) is 143 Å². The van der Waals surface area contributed by atoms with Gasteiger partial charge in [-0.05, 0) is 184 Å². The molecule has 10 aromatic carbocycles. The van der Waals surface area contributed by atoms with E-state index in [1.54, 1.807) is 22.6 Å². The van der Waals surface area contributed by atoms with Gasteiger partial charge in [-0.15, -0.1) is 0 Å². The Bertz CT molecular complexity index is 5390. The Labute approximate surface area is 707 Å². The van der Waals surface area contributed by atoms with Gasteiger partial charge in [-0.25, -0.2) is 0 Å². The summed E-state index contributed by atoms with van der Waals surface area (Å²) in [5.41, 5.74) is -4.37. The fourth-order valence-corrected chi connectivity index (χ4v) is 11.8. The van der Waals surface area contributed by atoms with E-state index < -0.39 is 253 Å². The lowest BCUT2D eigenvalue weighted by Gasteiger charge is -2.16. The van der Waals surface area contributed by atoms with Gasteiger partial charge in [0.25, 0.3) is 35.2 Å². The van der Waals surface area contributed by atoms with Gasteiger partial charge >= 0.3 is 61.8 Å². The van der Waals surface area contributed by atoms with Gasteiger partial charge in [-0.1, -0.05) is 39.7 Å². The van der Waals surface area contributed by atoms with E-state index in [4.69, 9.17) is 34.5 Å². The molecule has 674 valence electrons. The van der Waals surface area contributed by atoms with Crippen molar-refractivity contribution in [3.8, 4) is 73.3 Å². The summed E-state index contributed by atoms with van der Waals surface area (Å²) in [5, 5.41) is 62.3. The zero-order chi connectivity index (χ0) is 96.3. The molecule has 10 rings (SSSR count). The van der Waals surface area contributed by atoms with Gasteiger partial charge in [0.2, 0.25) is 0 Å². The molecule has 0 aromatic heterocycles. The first-order valence-corrected chi connectivity index (χ1v) is 34.7. The van der Waals surface area contributed by atoms with Crippen LogP contribution in [0.1, 0.15) is 107 Å². The molecule has 18 nitrogen and oxygen atoms in total. The summed E-state index contributed by atoms with van der Waals surface area (Å²) in [6, 6.07) is 16.2. The minimum absolute atomic E-state index is 0.0244. The van der Waals surface area contributed by atoms with E-state index in [9.17, 15) is 191 Å². The lowest BCUT2D eigenvalue weighted by molar-refractivity contribution is -0.384. The van der Waals surface area contributed by atoms with Crippen LogP contribution >= 0.6 is 50.1 Å². The number of alkyl halides is 30. The first-order chi connectivity index (χ1) is 57.1. The number of hydrogen-bond donors (Lipinski definition) is 10. The van der Waals surface area contributed by atoms with Gasteiger partial charge in [0.15, 0.2) is 0 Å². The summed E-state index contributed by atoms with van der Waals surface area (Å²) < 4.78 is 387. The number of nitrogens with two attached hydrogens (primary N) is 4. The highest BCUT2D eigenvalue weighted by Gasteiger charge is 2.44. The topological polar surface area (TPSA) is 346 Å². The molecule has 0 aliphatic carbocycles. The third-order valence-corrected chi connectivity index (χ3v) is 17.5. The smallest absolute Gasteiger partial charge is 0.416 e. The summed E-state index contributed by atoms with van der Waals surface area (Å²) in [6.45, 7) is 0. The first-order valence-electron chi connectivity index (χ1n) is 32.5. The normalized spacial score (nSPS) is 12.2. The van der Waals surface area contributed by atoms with Gasteiger partial charge in [-0.3, -0.25) is 34.1 Å². The maximum atomic E-state index is 13.0. The Morgan fingerprint density at radius 1 is 0.333 bits per heavy atom. The maximum Gasteiger partial charge on any atom is 0.416 e. The van der Waals surface area contributed by atoms with Crippen LogP contribution in [0.25, 0.3) is 44.5 Å². The van der Waals surface area contributed by atoms with Gasteiger partial charge in [-0.2, -0.15) is 132 Å². The minimum atomic E-state index is -5.17. The number of amides is 5. The summed E-state index contributed by atoms with van der Waals surface area (Å²) in [5.74, 6) is -9.74. The number of aromatic hydroxyl groups is 5. The molecule has 0 aliphatic rings. The van der Waals surface area contributed by atoms with Gasteiger partial charge in [0.1, 0.15) is 28.7 Å². The molecule has 0 fully saturated rings. The van der Waals surface area contributed by atoms with Crippen LogP contribution < -0.4 is 28.3 Å². The summed E-state index contributed by atoms with van der Waals surface area (Å²) in [6.07, 6.45) is -50.6. The van der Waals surface area contributed by atoms with E-state index >= 15 is 0 Å². The molecule has 0 radical (unpaired) electrons. The number of carbonyl (C=O) groups excluding carboxylic acids is 5. The molecule has 0 aliphatic heterocycles. The average Bonchev–Trinajstić information content (AvgIpc) is 0.783. The Kier molecular flexibility index (Phi) is 30.5. The van der Waals surface area contributed by atoms with Crippen molar-refractivity contribution < 1.29 is 186 Å². The van der Waals surface area contributed by atoms with E-state index in [0.717, 1.165) is 36.4 Å². The van der Waals surface area contributed by atoms with Crippen molar-refractivity contribution >= 4 is 91.0 Å². The number of nitrogens with one attached hydrogen (secondary N) is 1. The van der Waals surface area contributed by atoms with Crippen LogP contribution in [-0.2, 0) is 61.8 Å². The fourth-order valence-electron chi connectivity index (χ4n) is 10.5. The van der Waals surface area contributed by atoms with Crippen molar-refractivity contribution in [1.29, 1.82) is 0 Å². The number of primary amides is 4. The second-order valence-electron chi connectivity index (χ2n) is 25.1. The Morgan fingerprint density at radius 2 is 0.579 bits per heavy atom. The number of nitrogens with zero attached hydrogens (tertiary/aromatic N) is 1. The second kappa shape index (κ2) is 37.7. The van der Waals surface area contributed by atoms with Gasteiger partial charge < -0.3 is 53.8 Å². The van der Waals surface area contributed by atoms with Gasteiger partial charge in [0, 0.05) is 53.1 Å². The van der Waals surface area contributed by atoms with Crippen molar-refractivity contribution in [2.45, 2.75) is 61.8 Å². The summed E-state index contributed by atoms with van der Waals surface area (Å²) in [4.78, 5) is 67.0. The highest BCUT2D eigenvalue weighted by Crippen LogP contribution is 2.49. The lowest BCUT2D eigenvalue weighted by Crippen LogP contribution is -2.16. The number of nitro benzene ring substituents is 1. The van der Waals surface area contributed by atoms with Crippen LogP contribution in [0.15, 0.2) is 168 Å². The molecule has 51 heteroatoms. The monoisotopic (exact) mass is 2030 g/mol. The van der Waals surface area contributed by atoms with E-state index in [0.29, 0.717) is 64.2 Å². The number of hydrogen-bond acceptors (Lipinski definition) is 12. The molecule has 0 bridgehead atoms. The average molecular weight is 2030 g/mol. The van der Waals surface area contributed by atoms with E-state index in [1.165, 1.54) is 24.3 Å². The molecule has 0 atom stereocenters. The quantitative estimate of drug-likeness (QED) is 0.0250. The maximum absolute atomic E-state index is 13.0. The number of nitro groups is 1. The van der Waals surface area contributed by atoms with Crippen LogP contribution in [-0.4, -0.2) is 60.0 Å². The van der Waals surface area contributed by atoms with Crippen LogP contribution in [0.5, 0.6) is 28.7 Å². The molecule has 0 heterocycles. The van der Waals surface area contributed by atoms with Crippen LogP contribution in [0.2, 0.25) is 5.02 Å². The molecule has 0 saturated heterocycles. The standard InChI is InChI=1S/C15H8BrF6NO2.C15H8ClF6NO2.C15H8F6INO2.C15H8F6N2O4.C15H9F6NO2/c2*16-9-4-10(12(24)11(5-9)13(23)25)6-1-7(14(17,18)19)3-8(2-6)15(20,21)22;16-14(17,18)7-1-6(2-8(3-7)15(19,20)21)10-4-9(22)5-11(12(10)24)13(23)25;16-14(17,18)7-1-6(2-8(3-7)15(19,20)21)10-4-9(23(26)27)5-11(12(10)24)13(22)25;16-14(17,18)8-5-9(15(19,20)21)7-10(6-8)22-13(24)11-3-1-2-4-12(11)23/h3*1-5,24H,(H2,23,25);1-5,24H,(H2,22,25);1-7,23H,(H,22,24). The molecule has 126 heavy (non-hydrogen) atoms. The molecular weight excluding hydrogens is 1990 g/mol. The number of carbonyl (C=O) groups is 5. The third kappa shape index (κ3) is 26.5. The van der Waals surface area contributed by atoms with Crippen molar-refractivity contribution in [2.75, 3.05) is 5.32 Å². The van der Waals surface area contributed by atoms with Crippen molar-refractivity contribution in [3.05, 3.63) is 270 Å². The highest BCUT2D eigenvalue weighted by atomic mass is 127. The first kappa shape index (κ1) is 102. The Balaban J connectivity index is 0.000000243. The molecule has 5 amide bonds. The number of rotatable bonds is 11. The Hall–Kier alpha value is -12.7. The summed E-state index contributed by atoms with van der Waals surface area (Å²) in [7, 11) is 0. The molecule has 10 aromatic rings. The molecule has 0 saturated carbocycles. The van der Waals surface area contributed by atoms with Crippen molar-refractivity contribution in [3.63, 3.8) is 0 Å². The molecule has 0 spiro atoms. The number of para-hydroxylation sites is 1. The predicted octanol–water partition coefficient (Wildman–Crippen LogP) is 23.4. The second-order valence-corrected chi connectivity index (χ2v) is 27.7. The van der Waals surface area contributed by atoms with Gasteiger partial charge in [0.05, 0.1) is 88.4 Å². The van der Waals surface area contributed by atoms with Crippen molar-refractivity contribution in [2.24, 2.45) is 22.9 Å². The molecule has 14 N–H and O–H groups in total. The minimum Gasteiger partial charge on any atom is -0.507 e. The zero-order valence-electron chi connectivity index (χ0n) is 60.4. The van der Waals surface area contributed by atoms with Crippen molar-refractivity contribution in [1.82, 2.24) is 0 Å². The van der Waals surface area contributed by atoms with Crippen LogP contribution in [0.3, 0.4) is 0 Å². The largest absolute Gasteiger partial charge is 0.507 e. The number of benzene rings is 10. The fraction of sp³-hybridized carbons (Fsp3) is 0.133. The molecule has 0 unspecified atom stereocenters. The number of phenolic OH excluding ortho intramolecular Hbond substituents is 1. The molecular formula is C75H41BrClF30IN6O12. The van der Waals surface area contributed by atoms with Crippen LogP contribution in [0, 0.1) is 13.7 Å².